The maximum absolute atomic E-state index is 3.45. The van der Waals surface area contributed by atoms with Crippen molar-refractivity contribution in [1.29, 1.82) is 0 Å². The van der Waals surface area contributed by atoms with E-state index in [0.29, 0.717) is 0 Å². The van der Waals surface area contributed by atoms with Gasteiger partial charge in [-0.3, -0.25) is 0 Å². The maximum Gasteiger partial charge on any atom is 0.0434 e. The van der Waals surface area contributed by atoms with Crippen molar-refractivity contribution in [3.8, 4) is 11.8 Å². The van der Waals surface area contributed by atoms with E-state index in [-0.39, 0.29) is 5.41 Å². The summed E-state index contributed by atoms with van der Waals surface area (Å²) in [6.45, 7) is 5.14. The van der Waals surface area contributed by atoms with Crippen molar-refractivity contribution in [2.24, 2.45) is 5.41 Å². The number of rotatable bonds is 3. The van der Waals surface area contributed by atoms with Gasteiger partial charge in [0, 0.05) is 23.2 Å². The van der Waals surface area contributed by atoms with Crippen LogP contribution < -0.4 is 5.32 Å². The van der Waals surface area contributed by atoms with E-state index in [1.54, 1.807) is 0 Å². The number of hydrogen-bond acceptors (Lipinski definition) is 1. The number of para-hydroxylation sites is 1. The van der Waals surface area contributed by atoms with Gasteiger partial charge in [-0.15, -0.1) is 0 Å². The molecule has 0 saturated heterocycles. The minimum absolute atomic E-state index is 0.0957. The molecule has 0 radical (unpaired) electrons. The molecule has 0 heterocycles. The highest BCUT2D eigenvalue weighted by atomic mass is 14.9. The van der Waals surface area contributed by atoms with Gasteiger partial charge in [-0.2, -0.15) is 0 Å². The van der Waals surface area contributed by atoms with Gasteiger partial charge in [0.2, 0.25) is 0 Å². The Morgan fingerprint density at radius 1 is 0.826 bits per heavy atom. The van der Waals surface area contributed by atoms with E-state index in [4.69, 9.17) is 0 Å². The van der Waals surface area contributed by atoms with Crippen molar-refractivity contribution in [3.63, 3.8) is 0 Å². The van der Waals surface area contributed by atoms with E-state index in [1.807, 2.05) is 18.2 Å². The van der Waals surface area contributed by atoms with Gasteiger partial charge >= 0.3 is 0 Å². The van der Waals surface area contributed by atoms with Crippen LogP contribution in [0.1, 0.15) is 19.4 Å². The molecule has 23 heavy (non-hydrogen) atoms. The van der Waals surface area contributed by atoms with Crippen molar-refractivity contribution in [2.75, 3.05) is 11.9 Å². The highest BCUT2D eigenvalue weighted by Gasteiger charge is 2.13. The Kier molecular flexibility index (Phi) is 4.35. The zero-order valence-electron chi connectivity index (χ0n) is 13.6. The molecule has 3 aromatic rings. The molecule has 3 aromatic carbocycles. The Balaban J connectivity index is 1.72. The Bertz CT molecular complexity index is 851. The fourth-order valence-electron chi connectivity index (χ4n) is 2.43. The fraction of sp³-hybridized carbons (Fsp3) is 0.182. The molecule has 0 unspecified atom stereocenters. The van der Waals surface area contributed by atoms with Crippen LogP contribution in [0.25, 0.3) is 10.8 Å². The van der Waals surface area contributed by atoms with Crippen molar-refractivity contribution < 1.29 is 0 Å². The summed E-state index contributed by atoms with van der Waals surface area (Å²) in [5, 5.41) is 5.94. The van der Waals surface area contributed by atoms with Gasteiger partial charge < -0.3 is 5.32 Å². The summed E-state index contributed by atoms with van der Waals surface area (Å²) in [5.74, 6) is 6.72. The van der Waals surface area contributed by atoms with Gasteiger partial charge in [0.1, 0.15) is 0 Å². The van der Waals surface area contributed by atoms with Crippen LogP contribution in [0.5, 0.6) is 0 Å². The first kappa shape index (κ1) is 15.2. The standard InChI is InChI=1S/C22H21N/c1-22(2,17-23-21-10-4-3-5-11-21)15-14-18-12-13-19-8-6-7-9-20(19)16-18/h3-13,16,23H,17H2,1-2H3. The molecule has 0 aliphatic carbocycles. The molecule has 1 heteroatoms. The van der Waals surface area contributed by atoms with E-state index in [1.165, 1.54) is 10.8 Å². The first-order valence-electron chi connectivity index (χ1n) is 7.93. The van der Waals surface area contributed by atoms with E-state index >= 15 is 0 Å². The second-order valence-corrected chi connectivity index (χ2v) is 6.42. The highest BCUT2D eigenvalue weighted by molar-refractivity contribution is 5.83. The lowest BCUT2D eigenvalue weighted by molar-refractivity contribution is 0.537. The van der Waals surface area contributed by atoms with Gasteiger partial charge in [-0.05, 0) is 48.9 Å². The molecule has 0 fully saturated rings. The third-order valence-corrected chi connectivity index (χ3v) is 3.80. The SMILES string of the molecule is CC(C)(C#Cc1ccc2ccccc2c1)CNc1ccccc1. The third kappa shape index (κ3) is 4.14. The smallest absolute Gasteiger partial charge is 0.0434 e. The van der Waals surface area contributed by atoms with Gasteiger partial charge in [0.25, 0.3) is 0 Å². The highest BCUT2D eigenvalue weighted by Crippen LogP contribution is 2.18. The van der Waals surface area contributed by atoms with Crippen LogP contribution in [0.3, 0.4) is 0 Å². The monoisotopic (exact) mass is 299 g/mol. The number of nitrogens with one attached hydrogen (secondary N) is 1. The molecule has 0 aliphatic heterocycles. The van der Waals surface area contributed by atoms with Crippen LogP contribution >= 0.6 is 0 Å². The second kappa shape index (κ2) is 6.58. The van der Waals surface area contributed by atoms with Gasteiger partial charge in [-0.1, -0.05) is 60.4 Å². The summed E-state index contributed by atoms with van der Waals surface area (Å²) in [7, 11) is 0. The Morgan fingerprint density at radius 2 is 1.52 bits per heavy atom. The molecular formula is C22H21N. The average Bonchev–Trinajstić information content (AvgIpc) is 2.59. The number of anilines is 1. The topological polar surface area (TPSA) is 12.0 Å². The van der Waals surface area contributed by atoms with E-state index in [2.05, 4.69) is 85.6 Å². The van der Waals surface area contributed by atoms with Crippen LogP contribution in [-0.2, 0) is 0 Å². The first-order chi connectivity index (χ1) is 11.1. The molecule has 0 saturated carbocycles. The van der Waals surface area contributed by atoms with Gasteiger partial charge in [-0.25, -0.2) is 0 Å². The van der Waals surface area contributed by atoms with Crippen LogP contribution in [0.2, 0.25) is 0 Å². The summed E-state index contributed by atoms with van der Waals surface area (Å²) in [5.41, 5.74) is 2.10. The molecule has 0 bridgehead atoms. The van der Waals surface area contributed by atoms with Crippen LogP contribution in [0.15, 0.2) is 72.8 Å². The van der Waals surface area contributed by atoms with Gasteiger partial charge in [0.15, 0.2) is 0 Å². The zero-order valence-corrected chi connectivity index (χ0v) is 13.6. The summed E-state index contributed by atoms with van der Waals surface area (Å²) < 4.78 is 0. The summed E-state index contributed by atoms with van der Waals surface area (Å²) in [6.07, 6.45) is 0. The molecule has 0 aromatic heterocycles. The first-order valence-corrected chi connectivity index (χ1v) is 7.93. The Hall–Kier alpha value is -2.72. The Labute approximate surface area is 138 Å². The molecule has 1 N–H and O–H groups in total. The molecule has 0 amide bonds. The van der Waals surface area contributed by atoms with Gasteiger partial charge in [0.05, 0.1) is 0 Å². The number of hydrogen-bond donors (Lipinski definition) is 1. The lowest BCUT2D eigenvalue weighted by Gasteiger charge is -2.19. The average molecular weight is 299 g/mol. The van der Waals surface area contributed by atoms with Crippen LogP contribution in [0, 0.1) is 17.3 Å². The predicted octanol–water partition coefficient (Wildman–Crippen LogP) is 5.33. The van der Waals surface area contributed by atoms with E-state index < -0.39 is 0 Å². The third-order valence-electron chi connectivity index (χ3n) is 3.80. The molecule has 0 spiro atoms. The van der Waals surface area contributed by atoms with E-state index in [0.717, 1.165) is 17.8 Å². The van der Waals surface area contributed by atoms with Crippen LogP contribution in [-0.4, -0.2) is 6.54 Å². The largest absolute Gasteiger partial charge is 0.384 e. The lowest BCUT2D eigenvalue weighted by atomic mass is 9.93. The zero-order chi connectivity index (χ0) is 16.1. The maximum atomic E-state index is 3.45. The summed E-state index contributed by atoms with van der Waals surface area (Å²) in [4.78, 5) is 0. The van der Waals surface area contributed by atoms with Crippen molar-refractivity contribution in [1.82, 2.24) is 0 Å². The van der Waals surface area contributed by atoms with Crippen molar-refractivity contribution >= 4 is 16.5 Å². The number of benzene rings is 3. The van der Waals surface area contributed by atoms with Crippen molar-refractivity contribution in [2.45, 2.75) is 13.8 Å². The minimum atomic E-state index is -0.0957. The minimum Gasteiger partial charge on any atom is -0.384 e. The number of fused-ring (bicyclic) bond motifs is 1. The van der Waals surface area contributed by atoms with Crippen LogP contribution in [0.4, 0.5) is 5.69 Å². The fourth-order valence-corrected chi connectivity index (χ4v) is 2.43. The Morgan fingerprint density at radius 3 is 2.30 bits per heavy atom. The molecule has 114 valence electrons. The predicted molar refractivity (Wildman–Crippen MR) is 99.5 cm³/mol. The van der Waals surface area contributed by atoms with E-state index in [9.17, 15) is 0 Å². The normalized spacial score (nSPS) is 10.9. The summed E-state index contributed by atoms with van der Waals surface area (Å²) >= 11 is 0. The van der Waals surface area contributed by atoms with Crippen molar-refractivity contribution in [3.05, 3.63) is 78.4 Å². The molecule has 1 nitrogen and oxygen atoms in total. The summed E-state index contributed by atoms with van der Waals surface area (Å²) in [6, 6.07) is 25.0. The second-order valence-electron chi connectivity index (χ2n) is 6.42. The lowest BCUT2D eigenvalue weighted by Crippen LogP contribution is -2.21. The quantitative estimate of drug-likeness (QED) is 0.645. The molecule has 0 atom stereocenters. The molecular weight excluding hydrogens is 278 g/mol. The molecule has 3 rings (SSSR count). The molecule has 0 aliphatic rings.